The van der Waals surface area contributed by atoms with Crippen LogP contribution in [0.3, 0.4) is 0 Å². The topological polar surface area (TPSA) is 54.9 Å². The molecule has 2 aromatic rings. The summed E-state index contributed by atoms with van der Waals surface area (Å²) in [6.45, 7) is 2.80. The van der Waals surface area contributed by atoms with Crippen molar-refractivity contribution in [2.75, 3.05) is 6.54 Å². The van der Waals surface area contributed by atoms with Crippen LogP contribution in [0.2, 0.25) is 0 Å². The second kappa shape index (κ2) is 6.26. The van der Waals surface area contributed by atoms with Crippen molar-refractivity contribution in [2.45, 2.75) is 19.8 Å². The van der Waals surface area contributed by atoms with Gasteiger partial charge in [-0.1, -0.05) is 13.3 Å². The van der Waals surface area contributed by atoms with E-state index < -0.39 is 0 Å². The fourth-order valence-corrected chi connectivity index (χ4v) is 2.26. The van der Waals surface area contributed by atoms with E-state index in [-0.39, 0.29) is 5.91 Å². The van der Waals surface area contributed by atoms with Crippen molar-refractivity contribution >= 4 is 17.2 Å². The van der Waals surface area contributed by atoms with E-state index in [0.717, 1.165) is 23.4 Å². The molecule has 0 unspecified atom stereocenters. The van der Waals surface area contributed by atoms with Crippen LogP contribution in [0.1, 0.15) is 30.3 Å². The van der Waals surface area contributed by atoms with Gasteiger partial charge in [0, 0.05) is 29.9 Å². The van der Waals surface area contributed by atoms with Crippen molar-refractivity contribution in [2.24, 2.45) is 0 Å². The molecular formula is C13H15N3OS. The maximum atomic E-state index is 11.8. The summed E-state index contributed by atoms with van der Waals surface area (Å²) in [4.78, 5) is 20.1. The van der Waals surface area contributed by atoms with Crippen molar-refractivity contribution in [1.82, 2.24) is 15.3 Å². The van der Waals surface area contributed by atoms with Crippen LogP contribution in [0.25, 0.3) is 10.6 Å². The average molecular weight is 261 g/mol. The number of pyridine rings is 1. The van der Waals surface area contributed by atoms with Crippen LogP contribution < -0.4 is 5.32 Å². The summed E-state index contributed by atoms with van der Waals surface area (Å²) in [6, 6.07) is 3.79. The molecule has 94 valence electrons. The molecule has 0 aliphatic rings. The minimum absolute atomic E-state index is 0.102. The summed E-state index contributed by atoms with van der Waals surface area (Å²) in [5.41, 5.74) is 1.42. The van der Waals surface area contributed by atoms with Gasteiger partial charge in [0.1, 0.15) is 10.7 Å². The van der Waals surface area contributed by atoms with Crippen LogP contribution in [-0.4, -0.2) is 22.4 Å². The first kappa shape index (κ1) is 12.7. The minimum atomic E-state index is -0.102. The third-order valence-corrected chi connectivity index (χ3v) is 3.35. The summed E-state index contributed by atoms with van der Waals surface area (Å²) in [5, 5.41) is 5.46. The second-order valence-electron chi connectivity index (χ2n) is 3.89. The summed E-state index contributed by atoms with van der Waals surface area (Å²) < 4.78 is 0. The summed E-state index contributed by atoms with van der Waals surface area (Å²) >= 11 is 1.46. The van der Waals surface area contributed by atoms with E-state index in [9.17, 15) is 4.79 Å². The number of nitrogens with one attached hydrogen (secondary N) is 1. The predicted molar refractivity (Wildman–Crippen MR) is 72.6 cm³/mol. The smallest absolute Gasteiger partial charge is 0.270 e. The first-order valence-electron chi connectivity index (χ1n) is 5.95. The Labute approximate surface area is 110 Å². The molecule has 2 aromatic heterocycles. The van der Waals surface area contributed by atoms with Crippen molar-refractivity contribution in [3.05, 3.63) is 35.6 Å². The Balaban J connectivity index is 2.04. The van der Waals surface area contributed by atoms with Crippen LogP contribution in [0.4, 0.5) is 0 Å². The van der Waals surface area contributed by atoms with Gasteiger partial charge in [-0.15, -0.1) is 11.3 Å². The molecule has 5 heteroatoms. The number of aromatic nitrogens is 2. The molecule has 2 heterocycles. The molecule has 0 aromatic carbocycles. The fourth-order valence-electron chi connectivity index (χ4n) is 1.47. The number of hydrogen-bond acceptors (Lipinski definition) is 4. The fraction of sp³-hybridized carbons (Fsp3) is 0.308. The van der Waals surface area contributed by atoms with Crippen LogP contribution >= 0.6 is 11.3 Å². The van der Waals surface area contributed by atoms with Gasteiger partial charge in [-0.05, 0) is 18.6 Å². The Morgan fingerprint density at radius 3 is 3.11 bits per heavy atom. The number of nitrogens with zero attached hydrogens (tertiary/aromatic N) is 2. The van der Waals surface area contributed by atoms with Crippen molar-refractivity contribution in [1.29, 1.82) is 0 Å². The molecule has 0 saturated carbocycles. The molecule has 2 rings (SSSR count). The zero-order valence-electron chi connectivity index (χ0n) is 10.2. The van der Waals surface area contributed by atoms with E-state index in [1.807, 2.05) is 12.1 Å². The number of thiazole rings is 1. The lowest BCUT2D eigenvalue weighted by Crippen LogP contribution is -2.24. The van der Waals surface area contributed by atoms with E-state index in [1.165, 1.54) is 11.3 Å². The minimum Gasteiger partial charge on any atom is -0.351 e. The summed E-state index contributed by atoms with van der Waals surface area (Å²) in [7, 11) is 0. The zero-order chi connectivity index (χ0) is 12.8. The van der Waals surface area contributed by atoms with Gasteiger partial charge < -0.3 is 5.32 Å². The van der Waals surface area contributed by atoms with Crippen LogP contribution in [0.15, 0.2) is 29.9 Å². The maximum absolute atomic E-state index is 11.8. The molecule has 0 atom stereocenters. The van der Waals surface area contributed by atoms with Crippen molar-refractivity contribution in [3.63, 3.8) is 0 Å². The van der Waals surface area contributed by atoms with Gasteiger partial charge in [-0.2, -0.15) is 0 Å². The lowest BCUT2D eigenvalue weighted by Gasteiger charge is -2.00. The molecule has 1 N–H and O–H groups in total. The van der Waals surface area contributed by atoms with Crippen molar-refractivity contribution in [3.8, 4) is 10.6 Å². The Morgan fingerprint density at radius 1 is 1.50 bits per heavy atom. The van der Waals surface area contributed by atoms with Crippen molar-refractivity contribution < 1.29 is 4.79 Å². The molecule has 18 heavy (non-hydrogen) atoms. The molecule has 4 nitrogen and oxygen atoms in total. The molecule has 0 bridgehead atoms. The van der Waals surface area contributed by atoms with Gasteiger partial charge in [0.15, 0.2) is 0 Å². The number of amides is 1. The number of hydrogen-bond donors (Lipinski definition) is 1. The maximum Gasteiger partial charge on any atom is 0.270 e. The monoisotopic (exact) mass is 261 g/mol. The number of rotatable bonds is 5. The first-order valence-corrected chi connectivity index (χ1v) is 6.83. The first-order chi connectivity index (χ1) is 8.81. The zero-order valence-corrected chi connectivity index (χ0v) is 11.0. The molecule has 0 fully saturated rings. The van der Waals surface area contributed by atoms with Gasteiger partial charge in [0.05, 0.1) is 0 Å². The Bertz CT molecular complexity index is 510. The van der Waals surface area contributed by atoms with E-state index in [0.29, 0.717) is 12.2 Å². The lowest BCUT2D eigenvalue weighted by molar-refractivity contribution is 0.0949. The second-order valence-corrected chi connectivity index (χ2v) is 4.75. The highest BCUT2D eigenvalue weighted by atomic mass is 32.1. The summed E-state index contributed by atoms with van der Waals surface area (Å²) in [5.74, 6) is -0.102. The molecule has 0 spiro atoms. The highest BCUT2D eigenvalue weighted by Crippen LogP contribution is 2.22. The number of unbranched alkanes of at least 4 members (excludes halogenated alkanes) is 1. The van der Waals surface area contributed by atoms with Gasteiger partial charge >= 0.3 is 0 Å². The SMILES string of the molecule is CCCCNC(=O)c1csc(-c2cccnc2)n1. The van der Waals surface area contributed by atoms with Gasteiger partial charge in [-0.25, -0.2) is 4.98 Å². The number of carbonyl (C=O) groups is 1. The molecule has 0 radical (unpaired) electrons. The molecule has 0 aliphatic heterocycles. The Kier molecular flexibility index (Phi) is 4.41. The van der Waals surface area contributed by atoms with E-state index in [2.05, 4.69) is 22.2 Å². The molecule has 0 aliphatic carbocycles. The largest absolute Gasteiger partial charge is 0.351 e. The number of carbonyl (C=O) groups excluding carboxylic acids is 1. The van der Waals surface area contributed by atoms with Crippen LogP contribution in [0, 0.1) is 0 Å². The average Bonchev–Trinajstić information content (AvgIpc) is 2.89. The highest BCUT2D eigenvalue weighted by Gasteiger charge is 2.10. The summed E-state index contributed by atoms with van der Waals surface area (Å²) in [6.07, 6.45) is 5.52. The Hall–Kier alpha value is -1.75. The Morgan fingerprint density at radius 2 is 2.39 bits per heavy atom. The standard InChI is InChI=1S/C13H15N3OS/c1-2-3-7-15-12(17)11-9-18-13(16-11)10-5-4-6-14-8-10/h4-6,8-9H,2-3,7H2,1H3,(H,15,17). The highest BCUT2D eigenvalue weighted by molar-refractivity contribution is 7.13. The predicted octanol–water partition coefficient (Wildman–Crippen LogP) is 2.74. The third-order valence-electron chi connectivity index (χ3n) is 2.46. The molecular weight excluding hydrogens is 246 g/mol. The van der Waals surface area contributed by atoms with Crippen LogP contribution in [0.5, 0.6) is 0 Å². The normalized spacial score (nSPS) is 10.3. The van der Waals surface area contributed by atoms with E-state index in [1.54, 1.807) is 17.8 Å². The van der Waals surface area contributed by atoms with Crippen LogP contribution in [-0.2, 0) is 0 Å². The lowest BCUT2D eigenvalue weighted by atomic mass is 10.3. The van der Waals surface area contributed by atoms with Gasteiger partial charge in [-0.3, -0.25) is 9.78 Å². The van der Waals surface area contributed by atoms with E-state index >= 15 is 0 Å². The third kappa shape index (κ3) is 3.13. The molecule has 0 saturated heterocycles. The quantitative estimate of drug-likeness (QED) is 0.842. The molecule has 1 amide bonds. The van der Waals surface area contributed by atoms with Gasteiger partial charge in [0.25, 0.3) is 5.91 Å². The van der Waals surface area contributed by atoms with E-state index in [4.69, 9.17) is 0 Å². The van der Waals surface area contributed by atoms with Gasteiger partial charge in [0.2, 0.25) is 0 Å².